The first-order chi connectivity index (χ1) is 12.8. The number of rotatable bonds is 7. The smallest absolute Gasteiger partial charge is 0.239 e. The van der Waals surface area contributed by atoms with Gasteiger partial charge in [-0.2, -0.15) is 0 Å². The zero-order valence-corrected chi connectivity index (χ0v) is 16.4. The fraction of sp³-hybridized carbons (Fsp3) is 0.333. The highest BCUT2D eigenvalue weighted by Crippen LogP contribution is 2.31. The van der Waals surface area contributed by atoms with E-state index in [2.05, 4.69) is 17.6 Å². The Morgan fingerprint density at radius 2 is 1.56 bits per heavy atom. The third-order valence-corrected chi connectivity index (χ3v) is 4.41. The first-order valence-electron chi connectivity index (χ1n) is 8.75. The van der Waals surface area contributed by atoms with E-state index in [-0.39, 0.29) is 0 Å². The van der Waals surface area contributed by atoms with Crippen molar-refractivity contribution in [3.63, 3.8) is 0 Å². The van der Waals surface area contributed by atoms with Crippen LogP contribution >= 0.6 is 0 Å². The molecule has 0 fully saturated rings. The number of carbonyl (C=O) groups is 2. The molecular weight excluding hydrogens is 344 g/mol. The summed E-state index contributed by atoms with van der Waals surface area (Å²) in [5.74, 6) is 0.211. The number of hydrogen-bond acceptors (Lipinski definition) is 4. The van der Waals surface area contributed by atoms with Gasteiger partial charge in [-0.15, -0.1) is 0 Å². The Morgan fingerprint density at radius 1 is 0.926 bits per heavy atom. The number of ether oxygens (including phenoxy) is 2. The zero-order valence-electron chi connectivity index (χ0n) is 16.4. The minimum atomic E-state index is -1.29. The minimum Gasteiger partial charge on any atom is -0.497 e. The molecule has 6 nitrogen and oxygen atoms in total. The third kappa shape index (κ3) is 4.78. The van der Waals surface area contributed by atoms with Crippen molar-refractivity contribution in [3.8, 4) is 11.5 Å². The van der Waals surface area contributed by atoms with Crippen molar-refractivity contribution in [1.29, 1.82) is 0 Å². The van der Waals surface area contributed by atoms with Crippen LogP contribution in [0.5, 0.6) is 11.5 Å². The second-order valence-electron chi connectivity index (χ2n) is 6.65. The average Bonchev–Trinajstić information content (AvgIpc) is 2.68. The Morgan fingerprint density at radius 3 is 2.11 bits per heavy atom. The van der Waals surface area contributed by atoms with Crippen molar-refractivity contribution in [1.82, 2.24) is 0 Å². The molecule has 0 saturated carbocycles. The SMILES string of the molecule is CCc1ccc(NC(=O)C(C)(C)C(=O)Nc2cc(OC)ccc2OC)cc1. The molecule has 2 rings (SSSR count). The number of aryl methyl sites for hydroxylation is 1. The highest BCUT2D eigenvalue weighted by Gasteiger charge is 2.36. The predicted molar refractivity (Wildman–Crippen MR) is 106 cm³/mol. The number of nitrogens with one attached hydrogen (secondary N) is 2. The van der Waals surface area contributed by atoms with Crippen molar-refractivity contribution in [2.75, 3.05) is 24.9 Å². The van der Waals surface area contributed by atoms with E-state index in [4.69, 9.17) is 9.47 Å². The molecule has 2 aromatic carbocycles. The van der Waals surface area contributed by atoms with Gasteiger partial charge in [-0.1, -0.05) is 19.1 Å². The molecule has 0 atom stereocenters. The standard InChI is InChI=1S/C21H26N2O4/c1-6-14-7-9-15(10-8-14)22-19(24)21(2,3)20(25)23-17-13-16(26-4)11-12-18(17)27-5/h7-13H,6H2,1-5H3,(H,22,24)(H,23,25). The second-order valence-corrected chi connectivity index (χ2v) is 6.65. The molecule has 0 heterocycles. The van der Waals surface area contributed by atoms with Crippen molar-refractivity contribution >= 4 is 23.2 Å². The van der Waals surface area contributed by atoms with Gasteiger partial charge < -0.3 is 20.1 Å². The molecule has 0 spiro atoms. The van der Waals surface area contributed by atoms with Gasteiger partial charge in [0.15, 0.2) is 0 Å². The highest BCUT2D eigenvalue weighted by atomic mass is 16.5. The number of benzene rings is 2. The Labute approximate surface area is 159 Å². The monoisotopic (exact) mass is 370 g/mol. The third-order valence-electron chi connectivity index (χ3n) is 4.41. The number of amides is 2. The van der Waals surface area contributed by atoms with Gasteiger partial charge in [-0.05, 0) is 50.1 Å². The van der Waals surface area contributed by atoms with Crippen molar-refractivity contribution in [2.45, 2.75) is 27.2 Å². The van der Waals surface area contributed by atoms with Gasteiger partial charge in [0, 0.05) is 11.8 Å². The van der Waals surface area contributed by atoms with Crippen LogP contribution in [-0.2, 0) is 16.0 Å². The van der Waals surface area contributed by atoms with Crippen LogP contribution in [0.25, 0.3) is 0 Å². The Bertz CT molecular complexity index is 813. The van der Waals surface area contributed by atoms with Crippen LogP contribution in [0.1, 0.15) is 26.3 Å². The second kappa shape index (κ2) is 8.58. The lowest BCUT2D eigenvalue weighted by Gasteiger charge is -2.23. The van der Waals surface area contributed by atoms with Gasteiger partial charge in [0.2, 0.25) is 11.8 Å². The molecule has 27 heavy (non-hydrogen) atoms. The summed E-state index contributed by atoms with van der Waals surface area (Å²) in [6.45, 7) is 5.21. The van der Waals surface area contributed by atoms with Crippen LogP contribution < -0.4 is 20.1 Å². The summed E-state index contributed by atoms with van der Waals surface area (Å²) in [4.78, 5) is 25.4. The lowest BCUT2D eigenvalue weighted by atomic mass is 9.90. The first-order valence-corrected chi connectivity index (χ1v) is 8.75. The van der Waals surface area contributed by atoms with E-state index in [1.807, 2.05) is 24.3 Å². The molecule has 0 saturated heterocycles. The fourth-order valence-corrected chi connectivity index (χ4v) is 2.40. The van der Waals surface area contributed by atoms with Crippen LogP contribution in [0.4, 0.5) is 11.4 Å². The molecule has 6 heteroatoms. The molecular formula is C21H26N2O4. The van der Waals surface area contributed by atoms with Crippen LogP contribution in [0, 0.1) is 5.41 Å². The van der Waals surface area contributed by atoms with E-state index in [0.29, 0.717) is 22.9 Å². The maximum Gasteiger partial charge on any atom is 0.239 e. The van der Waals surface area contributed by atoms with E-state index >= 15 is 0 Å². The first kappa shape index (κ1) is 20.3. The number of hydrogen-bond donors (Lipinski definition) is 2. The quantitative estimate of drug-likeness (QED) is 0.726. The molecule has 2 N–H and O–H groups in total. The van der Waals surface area contributed by atoms with Crippen molar-refractivity contribution in [3.05, 3.63) is 48.0 Å². The fourth-order valence-electron chi connectivity index (χ4n) is 2.40. The molecule has 0 aromatic heterocycles. The van der Waals surface area contributed by atoms with E-state index in [1.165, 1.54) is 19.8 Å². The number of methoxy groups -OCH3 is 2. The molecule has 144 valence electrons. The maximum absolute atomic E-state index is 12.8. The number of anilines is 2. The van der Waals surface area contributed by atoms with E-state index < -0.39 is 17.2 Å². The van der Waals surface area contributed by atoms with Crippen molar-refractivity contribution < 1.29 is 19.1 Å². The van der Waals surface area contributed by atoms with E-state index in [0.717, 1.165) is 6.42 Å². The Hall–Kier alpha value is -3.02. The summed E-state index contributed by atoms with van der Waals surface area (Å²) >= 11 is 0. The normalized spacial score (nSPS) is 10.9. The molecule has 0 bridgehead atoms. The summed E-state index contributed by atoms with van der Waals surface area (Å²) in [5, 5.41) is 5.55. The van der Waals surface area contributed by atoms with E-state index in [9.17, 15) is 9.59 Å². The lowest BCUT2D eigenvalue weighted by Crippen LogP contribution is -2.41. The van der Waals surface area contributed by atoms with Crippen molar-refractivity contribution in [2.24, 2.45) is 5.41 Å². The highest BCUT2D eigenvalue weighted by molar-refractivity contribution is 6.14. The van der Waals surface area contributed by atoms with Gasteiger partial charge in [0.25, 0.3) is 0 Å². The van der Waals surface area contributed by atoms with Gasteiger partial charge >= 0.3 is 0 Å². The van der Waals surface area contributed by atoms with Crippen LogP contribution in [-0.4, -0.2) is 26.0 Å². The van der Waals surface area contributed by atoms with Crippen LogP contribution in [0.15, 0.2) is 42.5 Å². The topological polar surface area (TPSA) is 76.7 Å². The van der Waals surface area contributed by atoms with Crippen LogP contribution in [0.2, 0.25) is 0 Å². The summed E-state index contributed by atoms with van der Waals surface area (Å²) in [5.41, 5.74) is 0.972. The maximum atomic E-state index is 12.8. The Balaban J connectivity index is 2.14. The lowest BCUT2D eigenvalue weighted by molar-refractivity contribution is -0.135. The number of carbonyl (C=O) groups excluding carboxylic acids is 2. The summed E-state index contributed by atoms with van der Waals surface area (Å²) < 4.78 is 10.4. The molecule has 0 unspecified atom stereocenters. The summed E-state index contributed by atoms with van der Waals surface area (Å²) in [6.07, 6.45) is 0.921. The Kier molecular flexibility index (Phi) is 6.45. The molecule has 2 amide bonds. The van der Waals surface area contributed by atoms with Gasteiger partial charge in [-0.25, -0.2) is 0 Å². The molecule has 2 aromatic rings. The largest absolute Gasteiger partial charge is 0.497 e. The molecule has 0 aliphatic carbocycles. The van der Waals surface area contributed by atoms with Gasteiger partial charge in [0.05, 0.1) is 19.9 Å². The molecule has 0 radical (unpaired) electrons. The average molecular weight is 370 g/mol. The molecule has 0 aliphatic rings. The molecule has 0 aliphatic heterocycles. The van der Waals surface area contributed by atoms with Gasteiger partial charge in [0.1, 0.15) is 16.9 Å². The summed E-state index contributed by atoms with van der Waals surface area (Å²) in [7, 11) is 3.05. The van der Waals surface area contributed by atoms with E-state index in [1.54, 1.807) is 32.0 Å². The van der Waals surface area contributed by atoms with Gasteiger partial charge in [-0.3, -0.25) is 9.59 Å². The predicted octanol–water partition coefficient (Wildman–Crippen LogP) is 3.87. The van der Waals surface area contributed by atoms with Crippen LogP contribution in [0.3, 0.4) is 0 Å². The summed E-state index contributed by atoms with van der Waals surface area (Å²) in [6, 6.07) is 12.6. The zero-order chi connectivity index (χ0) is 20.0. The minimum absolute atomic E-state index is 0.397.